The van der Waals surface area contributed by atoms with Crippen molar-refractivity contribution in [3.05, 3.63) is 82.4 Å². The van der Waals surface area contributed by atoms with Crippen molar-refractivity contribution in [2.45, 2.75) is 37.6 Å². The number of rotatable bonds is 9. The Morgan fingerprint density at radius 2 is 1.79 bits per heavy atom. The molecule has 42 heavy (non-hydrogen) atoms. The van der Waals surface area contributed by atoms with Crippen LogP contribution < -0.4 is 21.5 Å². The van der Waals surface area contributed by atoms with Crippen LogP contribution in [0.1, 0.15) is 40.2 Å². The number of carbonyl (C=O) groups excluding carboxylic acids is 2. The normalized spacial score (nSPS) is 14.1. The summed E-state index contributed by atoms with van der Waals surface area (Å²) in [6.07, 6.45) is 0.0674. The number of hydrogen-bond acceptors (Lipinski definition) is 9. The SMILES string of the molecule is Cc1ccc(C(CC(=O)OCC(=O)N(C)C)c2ccc(N(C)N)c(N)c2C)cc1CN1CCN(C)c2ccccc2S1. The van der Waals surface area contributed by atoms with Crippen molar-refractivity contribution >= 4 is 40.9 Å². The summed E-state index contributed by atoms with van der Waals surface area (Å²) in [6, 6.07) is 18.7. The van der Waals surface area contributed by atoms with E-state index in [0.717, 1.165) is 36.3 Å². The molecule has 0 saturated heterocycles. The van der Waals surface area contributed by atoms with Gasteiger partial charge in [0, 0.05) is 58.6 Å². The topological polar surface area (TPSA) is 108 Å². The highest BCUT2D eigenvalue weighted by Gasteiger charge is 2.25. The van der Waals surface area contributed by atoms with Gasteiger partial charge in [-0.1, -0.05) is 36.4 Å². The summed E-state index contributed by atoms with van der Waals surface area (Å²) in [5, 5.41) is 1.49. The van der Waals surface area contributed by atoms with Gasteiger partial charge in [-0.2, -0.15) is 0 Å². The standard InChI is InChI=1S/C32H42N6O3S/c1-21-11-12-23(17-24(21)19-38-16-15-36(5)27-9-7-8-10-29(27)42-38)26(18-31(40)41-20-30(39)35(3)4)25-13-14-28(37(6)34)32(33)22(25)2/h7-14,17,26H,15-16,18-20,33-34H2,1-6H3. The van der Waals surface area contributed by atoms with Crippen LogP contribution in [0.2, 0.25) is 0 Å². The van der Waals surface area contributed by atoms with Gasteiger partial charge in [0.05, 0.1) is 23.5 Å². The van der Waals surface area contributed by atoms with E-state index < -0.39 is 5.97 Å². The van der Waals surface area contributed by atoms with Crippen LogP contribution >= 0.6 is 11.9 Å². The zero-order valence-corrected chi connectivity index (χ0v) is 26.2. The first kappa shape index (κ1) is 31.2. The lowest BCUT2D eigenvalue weighted by atomic mass is 9.84. The molecule has 1 aliphatic heterocycles. The lowest BCUT2D eigenvalue weighted by Crippen LogP contribution is -2.28. The number of hydrogen-bond donors (Lipinski definition) is 2. The Bertz CT molecular complexity index is 1440. The molecule has 1 aliphatic rings. The first-order valence-corrected chi connectivity index (χ1v) is 14.8. The summed E-state index contributed by atoms with van der Waals surface area (Å²) in [4.78, 5) is 30.1. The molecule has 0 fully saturated rings. The number of aryl methyl sites for hydroxylation is 1. The quantitative estimate of drug-likeness (QED) is 0.124. The van der Waals surface area contributed by atoms with Gasteiger partial charge in [-0.3, -0.25) is 9.59 Å². The van der Waals surface area contributed by atoms with E-state index in [1.165, 1.54) is 31.6 Å². The lowest BCUT2D eigenvalue weighted by Gasteiger charge is -2.25. The fourth-order valence-electron chi connectivity index (χ4n) is 5.12. The van der Waals surface area contributed by atoms with Crippen molar-refractivity contribution in [3.63, 3.8) is 0 Å². The molecule has 1 atom stereocenters. The number of nitrogen functional groups attached to an aromatic ring is 1. The van der Waals surface area contributed by atoms with E-state index in [2.05, 4.69) is 65.6 Å². The fraction of sp³-hybridized carbons (Fsp3) is 0.375. The van der Waals surface area contributed by atoms with Gasteiger partial charge in [0.1, 0.15) is 0 Å². The van der Waals surface area contributed by atoms with Crippen molar-refractivity contribution < 1.29 is 14.3 Å². The zero-order chi connectivity index (χ0) is 30.6. The highest BCUT2D eigenvalue weighted by molar-refractivity contribution is 7.97. The first-order chi connectivity index (χ1) is 20.0. The van der Waals surface area contributed by atoms with Crippen LogP contribution in [-0.2, 0) is 20.9 Å². The summed E-state index contributed by atoms with van der Waals surface area (Å²) >= 11 is 1.78. The van der Waals surface area contributed by atoms with Crippen LogP contribution in [0.5, 0.6) is 0 Å². The van der Waals surface area contributed by atoms with Crippen LogP contribution in [0, 0.1) is 13.8 Å². The molecule has 0 aromatic heterocycles. The minimum absolute atomic E-state index is 0.0674. The van der Waals surface area contributed by atoms with Gasteiger partial charge in [-0.05, 0) is 71.8 Å². The number of ether oxygens (including phenoxy) is 1. The van der Waals surface area contributed by atoms with E-state index in [9.17, 15) is 9.59 Å². The van der Waals surface area contributed by atoms with Crippen LogP contribution in [-0.4, -0.2) is 69.0 Å². The Morgan fingerprint density at radius 3 is 2.50 bits per heavy atom. The molecule has 0 aliphatic carbocycles. The van der Waals surface area contributed by atoms with E-state index >= 15 is 0 Å². The van der Waals surface area contributed by atoms with Crippen LogP contribution in [0.25, 0.3) is 0 Å². The third-order valence-corrected chi connectivity index (χ3v) is 8.94. The monoisotopic (exact) mass is 590 g/mol. The van der Waals surface area contributed by atoms with Gasteiger partial charge in [-0.15, -0.1) is 0 Å². The van der Waals surface area contributed by atoms with Gasteiger partial charge >= 0.3 is 5.97 Å². The number of para-hydroxylation sites is 1. The second-order valence-electron chi connectivity index (χ2n) is 11.1. The number of nitrogens with zero attached hydrogens (tertiary/aromatic N) is 4. The van der Waals surface area contributed by atoms with E-state index in [0.29, 0.717) is 11.4 Å². The van der Waals surface area contributed by atoms with Crippen LogP contribution in [0.4, 0.5) is 17.1 Å². The number of esters is 1. The Balaban J connectivity index is 1.67. The van der Waals surface area contributed by atoms with Gasteiger partial charge in [0.15, 0.2) is 6.61 Å². The third-order valence-electron chi connectivity index (χ3n) is 7.83. The highest BCUT2D eigenvalue weighted by atomic mass is 32.2. The molecule has 10 heteroatoms. The second-order valence-corrected chi connectivity index (χ2v) is 12.2. The minimum Gasteiger partial charge on any atom is -0.456 e. The minimum atomic E-state index is -0.446. The number of carbonyl (C=O) groups is 2. The molecule has 1 heterocycles. The Morgan fingerprint density at radius 1 is 1.05 bits per heavy atom. The van der Waals surface area contributed by atoms with Gasteiger partial charge in [0.25, 0.3) is 5.91 Å². The van der Waals surface area contributed by atoms with E-state index in [1.54, 1.807) is 33.1 Å². The van der Waals surface area contributed by atoms with Crippen LogP contribution in [0.15, 0.2) is 59.5 Å². The predicted molar refractivity (Wildman–Crippen MR) is 171 cm³/mol. The molecule has 9 nitrogen and oxygen atoms in total. The predicted octanol–water partition coefficient (Wildman–Crippen LogP) is 4.31. The summed E-state index contributed by atoms with van der Waals surface area (Å²) in [5.41, 5.74) is 14.1. The van der Waals surface area contributed by atoms with E-state index in [-0.39, 0.29) is 24.9 Å². The average molecular weight is 591 g/mol. The highest BCUT2D eigenvalue weighted by Crippen LogP contribution is 2.39. The fourth-order valence-corrected chi connectivity index (χ4v) is 6.23. The summed E-state index contributed by atoms with van der Waals surface area (Å²) in [6.45, 7) is 6.34. The Kier molecular flexibility index (Phi) is 10.0. The van der Waals surface area contributed by atoms with E-state index in [1.807, 2.05) is 19.1 Å². The maximum atomic E-state index is 13.1. The number of hydrazine groups is 1. The average Bonchev–Trinajstić information content (AvgIpc) is 3.11. The van der Waals surface area contributed by atoms with Gasteiger partial charge < -0.3 is 25.3 Å². The maximum Gasteiger partial charge on any atom is 0.307 e. The molecular formula is C32H42N6O3S. The lowest BCUT2D eigenvalue weighted by molar-refractivity contribution is -0.151. The largest absolute Gasteiger partial charge is 0.456 e. The van der Waals surface area contributed by atoms with Crippen LogP contribution in [0.3, 0.4) is 0 Å². The summed E-state index contributed by atoms with van der Waals surface area (Å²) in [5.74, 6) is 4.96. The Hall–Kier alpha value is -3.73. The molecule has 1 amide bonds. The van der Waals surface area contributed by atoms with Crippen molar-refractivity contribution in [1.82, 2.24) is 9.21 Å². The Labute approximate surface area is 253 Å². The third kappa shape index (κ3) is 7.18. The molecule has 0 radical (unpaired) electrons. The molecule has 4 rings (SSSR count). The summed E-state index contributed by atoms with van der Waals surface area (Å²) in [7, 11) is 7.14. The molecule has 3 aromatic rings. The number of fused-ring (bicyclic) bond motifs is 1. The van der Waals surface area contributed by atoms with Crippen molar-refractivity contribution in [2.24, 2.45) is 5.84 Å². The molecule has 1 unspecified atom stereocenters. The van der Waals surface area contributed by atoms with Crippen molar-refractivity contribution in [3.8, 4) is 0 Å². The number of anilines is 3. The molecular weight excluding hydrogens is 548 g/mol. The molecule has 4 N–H and O–H groups in total. The van der Waals surface area contributed by atoms with Crippen molar-refractivity contribution in [2.75, 3.05) is 63.5 Å². The molecule has 224 valence electrons. The number of benzene rings is 3. The second kappa shape index (κ2) is 13.5. The molecule has 3 aromatic carbocycles. The van der Waals surface area contributed by atoms with Gasteiger partial charge in [0.2, 0.25) is 0 Å². The molecule has 0 saturated carbocycles. The van der Waals surface area contributed by atoms with Crippen molar-refractivity contribution in [1.29, 1.82) is 0 Å². The maximum absolute atomic E-state index is 13.1. The number of amides is 1. The summed E-state index contributed by atoms with van der Waals surface area (Å²) < 4.78 is 7.79. The smallest absolute Gasteiger partial charge is 0.307 e. The number of likely N-dealkylation sites (N-methyl/N-ethyl adjacent to an activating group) is 2. The molecule has 0 spiro atoms. The van der Waals surface area contributed by atoms with Gasteiger partial charge in [-0.25, -0.2) is 10.1 Å². The molecule has 0 bridgehead atoms. The van der Waals surface area contributed by atoms with E-state index in [4.69, 9.17) is 16.3 Å². The number of nitrogens with two attached hydrogens (primary N) is 2. The first-order valence-electron chi connectivity index (χ1n) is 14.0. The zero-order valence-electron chi connectivity index (χ0n) is 25.4.